The third kappa shape index (κ3) is 2.65. The van der Waals surface area contributed by atoms with Crippen LogP contribution in [0.4, 0.5) is 5.82 Å². The van der Waals surface area contributed by atoms with Gasteiger partial charge in [0.1, 0.15) is 11.5 Å². The smallest absolute Gasteiger partial charge is 0.236 e. The number of imidazole rings is 1. The molecule has 4 N–H and O–H groups in total. The highest BCUT2D eigenvalue weighted by Gasteiger charge is 2.13. The summed E-state index contributed by atoms with van der Waals surface area (Å²) in [5, 5.41) is 7.37. The zero-order valence-electron chi connectivity index (χ0n) is 12.8. The molecule has 1 aromatic carbocycles. The number of fused-ring (bicyclic) bond motifs is 1. The molecule has 0 spiro atoms. The van der Waals surface area contributed by atoms with Crippen molar-refractivity contribution in [3.63, 3.8) is 0 Å². The number of nitrogens with zero attached hydrogens (tertiary/aromatic N) is 5. The number of nitrogens with two attached hydrogens (primary N) is 1. The summed E-state index contributed by atoms with van der Waals surface area (Å²) in [6.07, 6.45) is 3.55. The molecule has 0 radical (unpaired) electrons. The van der Waals surface area contributed by atoms with Crippen LogP contribution in [0.2, 0.25) is 0 Å². The van der Waals surface area contributed by atoms with Gasteiger partial charge in [0.2, 0.25) is 11.7 Å². The van der Waals surface area contributed by atoms with Crippen LogP contribution in [0, 0.1) is 0 Å². The lowest BCUT2D eigenvalue weighted by Gasteiger charge is -2.02. The number of rotatable bonds is 3. The first-order valence-corrected chi connectivity index (χ1v) is 7.59. The molecule has 0 saturated carbocycles. The average Bonchev–Trinajstić information content (AvgIpc) is 3.23. The molecule has 0 saturated heterocycles. The number of benzene rings is 1. The third-order valence-electron chi connectivity index (χ3n) is 3.63. The summed E-state index contributed by atoms with van der Waals surface area (Å²) in [5.41, 5.74) is 11.3. The first kappa shape index (κ1) is 14.2. The lowest BCUT2D eigenvalue weighted by atomic mass is 10.1. The van der Waals surface area contributed by atoms with Gasteiger partial charge in [-0.25, -0.2) is 15.4 Å². The first-order chi connectivity index (χ1) is 11.8. The van der Waals surface area contributed by atoms with Gasteiger partial charge in [-0.3, -0.25) is 4.40 Å². The second-order valence-corrected chi connectivity index (χ2v) is 5.26. The monoisotopic (exact) mass is 320 g/mol. The second-order valence-electron chi connectivity index (χ2n) is 5.26. The van der Waals surface area contributed by atoms with Crippen molar-refractivity contribution in [2.24, 2.45) is 10.1 Å². The van der Waals surface area contributed by atoms with E-state index in [1.807, 2.05) is 40.9 Å². The zero-order chi connectivity index (χ0) is 16.4. The van der Waals surface area contributed by atoms with Crippen LogP contribution in [0.25, 0.3) is 17.0 Å². The maximum atomic E-state index is 5.77. The normalized spacial score (nSPS) is 14.1. The number of guanidine groups is 1. The minimum atomic E-state index is 0.429. The van der Waals surface area contributed by atoms with Gasteiger partial charge in [0.05, 0.1) is 18.5 Å². The number of aliphatic imine (C=N–C) groups is 1. The fraction of sp³-hybridized carbons (Fsp3) is 0.125. The van der Waals surface area contributed by atoms with E-state index in [1.165, 1.54) is 0 Å². The van der Waals surface area contributed by atoms with E-state index >= 15 is 0 Å². The Morgan fingerprint density at radius 2 is 2.08 bits per heavy atom. The van der Waals surface area contributed by atoms with Crippen molar-refractivity contribution >= 4 is 23.8 Å². The number of nitrogens with one attached hydrogen (secondary N) is 2. The minimum absolute atomic E-state index is 0.429. The summed E-state index contributed by atoms with van der Waals surface area (Å²) >= 11 is 0. The molecule has 1 aliphatic rings. The van der Waals surface area contributed by atoms with Crippen LogP contribution in [-0.2, 0) is 0 Å². The molecule has 0 unspecified atom stereocenters. The summed E-state index contributed by atoms with van der Waals surface area (Å²) in [7, 11) is 0. The largest absolute Gasteiger partial charge is 0.384 e. The topological polar surface area (TPSA) is 105 Å². The van der Waals surface area contributed by atoms with Crippen molar-refractivity contribution in [1.29, 1.82) is 0 Å². The Hall–Kier alpha value is -3.42. The molecule has 0 aliphatic carbocycles. The molecule has 24 heavy (non-hydrogen) atoms. The van der Waals surface area contributed by atoms with Gasteiger partial charge in [-0.05, 0) is 6.07 Å². The number of hydrogen-bond acceptors (Lipinski definition) is 7. The maximum Gasteiger partial charge on any atom is 0.236 e. The quantitative estimate of drug-likeness (QED) is 0.490. The molecule has 0 fully saturated rings. The average molecular weight is 320 g/mol. The predicted octanol–water partition coefficient (Wildman–Crippen LogP) is 0.861. The summed E-state index contributed by atoms with van der Waals surface area (Å²) in [4.78, 5) is 13.1. The van der Waals surface area contributed by atoms with E-state index in [0.29, 0.717) is 17.6 Å². The number of hydrogen-bond donors (Lipinski definition) is 3. The van der Waals surface area contributed by atoms with Crippen molar-refractivity contribution in [2.75, 3.05) is 18.8 Å². The number of nitrogen functional groups attached to an aromatic ring is 1. The lowest BCUT2D eigenvalue weighted by molar-refractivity contribution is 0.919. The van der Waals surface area contributed by atoms with Gasteiger partial charge in [0, 0.05) is 18.3 Å². The van der Waals surface area contributed by atoms with Crippen LogP contribution in [-0.4, -0.2) is 39.6 Å². The molecule has 8 heteroatoms. The molecule has 8 nitrogen and oxygen atoms in total. The molecule has 0 atom stereocenters. The van der Waals surface area contributed by atoms with Crippen LogP contribution in [0.3, 0.4) is 0 Å². The number of hydrazone groups is 1. The Kier molecular flexibility index (Phi) is 3.54. The SMILES string of the molecule is Nc1ccn2c(/C=N/NC3=NCCN3)c(-c3ccccc3)nc2n1. The predicted molar refractivity (Wildman–Crippen MR) is 93.9 cm³/mol. The van der Waals surface area contributed by atoms with Crippen molar-refractivity contribution < 1.29 is 0 Å². The highest BCUT2D eigenvalue weighted by atomic mass is 15.4. The van der Waals surface area contributed by atoms with E-state index in [2.05, 4.69) is 30.8 Å². The molecule has 4 rings (SSSR count). The van der Waals surface area contributed by atoms with Crippen LogP contribution < -0.4 is 16.5 Å². The van der Waals surface area contributed by atoms with Crippen molar-refractivity contribution in [2.45, 2.75) is 0 Å². The summed E-state index contributed by atoms with van der Waals surface area (Å²) in [6.45, 7) is 1.58. The van der Waals surface area contributed by atoms with Gasteiger partial charge in [-0.2, -0.15) is 10.1 Å². The Morgan fingerprint density at radius 1 is 1.21 bits per heavy atom. The Bertz CT molecular complexity index is 926. The van der Waals surface area contributed by atoms with Gasteiger partial charge in [0.25, 0.3) is 0 Å². The number of anilines is 1. The lowest BCUT2D eigenvalue weighted by Crippen LogP contribution is -2.30. The molecule has 2 aromatic heterocycles. The van der Waals surface area contributed by atoms with Crippen molar-refractivity contribution in [3.05, 3.63) is 48.3 Å². The zero-order valence-corrected chi connectivity index (χ0v) is 12.8. The van der Waals surface area contributed by atoms with E-state index in [1.54, 1.807) is 12.3 Å². The second kappa shape index (κ2) is 5.99. The summed E-state index contributed by atoms with van der Waals surface area (Å²) < 4.78 is 1.85. The van der Waals surface area contributed by atoms with Crippen LogP contribution in [0.5, 0.6) is 0 Å². The van der Waals surface area contributed by atoms with E-state index < -0.39 is 0 Å². The van der Waals surface area contributed by atoms with Crippen molar-refractivity contribution in [3.8, 4) is 11.3 Å². The standard InChI is InChI=1S/C16H16N8/c17-13-6-9-24-12(10-20-23-15-18-7-8-19-15)14(22-16(24)21-13)11-4-2-1-3-5-11/h1-6,9-10H,7-8H2,(H2,17,21,22)(H2,18,19,23)/b20-10+. The fourth-order valence-electron chi connectivity index (χ4n) is 2.52. The molecular weight excluding hydrogens is 304 g/mol. The summed E-state index contributed by atoms with van der Waals surface area (Å²) in [6, 6.07) is 11.6. The van der Waals surface area contributed by atoms with Gasteiger partial charge in [0.15, 0.2) is 0 Å². The van der Waals surface area contributed by atoms with Crippen LogP contribution in [0.15, 0.2) is 52.7 Å². The molecule has 0 amide bonds. The van der Waals surface area contributed by atoms with Gasteiger partial charge in [-0.1, -0.05) is 30.3 Å². The molecule has 1 aliphatic heterocycles. The molecule has 3 aromatic rings. The molecule has 3 heterocycles. The minimum Gasteiger partial charge on any atom is -0.384 e. The Balaban J connectivity index is 1.77. The third-order valence-corrected chi connectivity index (χ3v) is 3.63. The maximum absolute atomic E-state index is 5.77. The molecule has 0 bridgehead atoms. The first-order valence-electron chi connectivity index (χ1n) is 7.59. The highest BCUT2D eigenvalue weighted by Crippen LogP contribution is 2.22. The van der Waals surface area contributed by atoms with E-state index in [-0.39, 0.29) is 0 Å². The van der Waals surface area contributed by atoms with Gasteiger partial charge in [-0.15, -0.1) is 0 Å². The Labute approximate surface area is 138 Å². The van der Waals surface area contributed by atoms with E-state index in [0.717, 1.165) is 30.0 Å². The van der Waals surface area contributed by atoms with Crippen LogP contribution in [0.1, 0.15) is 5.69 Å². The van der Waals surface area contributed by atoms with Crippen molar-refractivity contribution in [1.82, 2.24) is 25.1 Å². The molecule has 120 valence electrons. The van der Waals surface area contributed by atoms with Crippen LogP contribution >= 0.6 is 0 Å². The van der Waals surface area contributed by atoms with E-state index in [9.17, 15) is 0 Å². The van der Waals surface area contributed by atoms with E-state index in [4.69, 9.17) is 5.73 Å². The fourth-order valence-corrected chi connectivity index (χ4v) is 2.52. The van der Waals surface area contributed by atoms with Gasteiger partial charge >= 0.3 is 0 Å². The molecular formula is C16H16N8. The van der Waals surface area contributed by atoms with Gasteiger partial charge < -0.3 is 11.1 Å². The Morgan fingerprint density at radius 3 is 2.88 bits per heavy atom. The summed E-state index contributed by atoms with van der Waals surface area (Å²) in [5.74, 6) is 1.63. The highest BCUT2D eigenvalue weighted by molar-refractivity contribution is 5.90. The number of aromatic nitrogens is 3.